The number of carbonyl (C=O) groups is 1. The highest BCUT2D eigenvalue weighted by atomic mass is 79.9. The number of benzene rings is 1. The minimum absolute atomic E-state index is 0.0173. The lowest BCUT2D eigenvalue weighted by Crippen LogP contribution is -2.35. The molecule has 1 aliphatic heterocycles. The Kier molecular flexibility index (Phi) is 4.17. The normalized spacial score (nSPS) is 23.9. The predicted octanol–water partition coefficient (Wildman–Crippen LogP) is 2.59. The maximum atomic E-state index is 12.6. The highest BCUT2D eigenvalue weighted by Gasteiger charge is 2.45. The van der Waals surface area contributed by atoms with E-state index in [1.54, 1.807) is 19.1 Å². The number of aliphatic carboxylic acids is 1. The molecule has 1 aliphatic rings. The van der Waals surface area contributed by atoms with Crippen molar-refractivity contribution in [3.63, 3.8) is 0 Å². The Labute approximate surface area is 130 Å². The molecule has 0 bridgehead atoms. The zero-order chi connectivity index (χ0) is 15.1. The molecule has 0 radical (unpaired) electrons. The Bertz CT molecular complexity index is 643. The predicted molar refractivity (Wildman–Crippen MR) is 78.3 cm³/mol. The summed E-state index contributed by atoms with van der Waals surface area (Å²) in [5.41, 5.74) is -1.05. The fourth-order valence-corrected chi connectivity index (χ4v) is 5.39. The van der Waals surface area contributed by atoms with Gasteiger partial charge >= 0.3 is 5.97 Å². The van der Waals surface area contributed by atoms with Crippen LogP contribution in [0.25, 0.3) is 0 Å². The van der Waals surface area contributed by atoms with Crippen LogP contribution in [-0.4, -0.2) is 36.9 Å². The first kappa shape index (κ1) is 15.8. The lowest BCUT2D eigenvalue weighted by Gasteiger charge is -2.21. The van der Waals surface area contributed by atoms with Crippen molar-refractivity contribution in [1.82, 2.24) is 4.31 Å². The molecule has 0 spiro atoms. The molecular weight excluding hydrogens is 370 g/mol. The summed E-state index contributed by atoms with van der Waals surface area (Å²) in [6.45, 7) is 1.66. The second kappa shape index (κ2) is 5.29. The maximum Gasteiger partial charge on any atom is 0.310 e. The van der Waals surface area contributed by atoms with Crippen LogP contribution in [0, 0.1) is 5.41 Å². The van der Waals surface area contributed by atoms with E-state index in [4.69, 9.17) is 11.6 Å². The number of carboxylic acids is 1. The number of carboxylic acid groups (broad SMARTS) is 1. The summed E-state index contributed by atoms with van der Waals surface area (Å²) in [6.07, 6.45) is 0.281. The average molecular weight is 383 g/mol. The van der Waals surface area contributed by atoms with E-state index in [2.05, 4.69) is 15.9 Å². The molecule has 1 aromatic rings. The standard InChI is InChI=1S/C12H13BrClNO4S/c1-12(11(16)17)5-6-15(7-12)20(18,19)10-8(13)3-2-4-9(10)14/h2-4H,5-7H2,1H3,(H,16,17). The third-order valence-corrected chi connectivity index (χ3v) is 6.77. The van der Waals surface area contributed by atoms with Crippen LogP contribution in [0.1, 0.15) is 13.3 Å². The first-order chi connectivity index (χ1) is 9.18. The molecule has 1 N–H and O–H groups in total. The van der Waals surface area contributed by atoms with Crippen LogP contribution >= 0.6 is 27.5 Å². The van der Waals surface area contributed by atoms with Crippen LogP contribution in [-0.2, 0) is 14.8 Å². The second-order valence-corrected chi connectivity index (χ2v) is 8.14. The van der Waals surface area contributed by atoms with E-state index in [1.165, 1.54) is 10.4 Å². The summed E-state index contributed by atoms with van der Waals surface area (Å²) < 4.78 is 26.8. The molecule has 2 rings (SSSR count). The van der Waals surface area contributed by atoms with Crippen molar-refractivity contribution in [2.45, 2.75) is 18.2 Å². The molecule has 1 saturated heterocycles. The van der Waals surface area contributed by atoms with Crippen molar-refractivity contribution in [3.8, 4) is 0 Å². The number of halogens is 2. The number of hydrogen-bond donors (Lipinski definition) is 1. The van der Waals surface area contributed by atoms with Crippen molar-refractivity contribution >= 4 is 43.5 Å². The van der Waals surface area contributed by atoms with Crippen LogP contribution < -0.4 is 0 Å². The quantitative estimate of drug-likeness (QED) is 0.872. The molecule has 20 heavy (non-hydrogen) atoms. The molecule has 5 nitrogen and oxygen atoms in total. The van der Waals surface area contributed by atoms with Crippen LogP contribution in [0.3, 0.4) is 0 Å². The van der Waals surface area contributed by atoms with E-state index in [0.29, 0.717) is 4.47 Å². The van der Waals surface area contributed by atoms with Gasteiger partial charge < -0.3 is 5.11 Å². The molecule has 0 aliphatic carbocycles. The van der Waals surface area contributed by atoms with E-state index in [-0.39, 0.29) is 29.4 Å². The van der Waals surface area contributed by atoms with Crippen LogP contribution in [0.5, 0.6) is 0 Å². The maximum absolute atomic E-state index is 12.6. The van der Waals surface area contributed by atoms with E-state index in [0.717, 1.165) is 0 Å². The van der Waals surface area contributed by atoms with Crippen molar-refractivity contribution in [1.29, 1.82) is 0 Å². The molecule has 1 heterocycles. The number of nitrogens with zero attached hydrogens (tertiary/aromatic N) is 1. The molecular formula is C12H13BrClNO4S. The number of sulfonamides is 1. The molecule has 1 unspecified atom stereocenters. The van der Waals surface area contributed by atoms with Gasteiger partial charge in [-0.2, -0.15) is 4.31 Å². The van der Waals surface area contributed by atoms with Gasteiger partial charge in [0, 0.05) is 17.6 Å². The third-order valence-electron chi connectivity index (χ3n) is 3.47. The summed E-state index contributed by atoms with van der Waals surface area (Å²) in [6, 6.07) is 4.72. The molecule has 1 atom stereocenters. The molecule has 8 heteroatoms. The number of rotatable bonds is 3. The van der Waals surface area contributed by atoms with E-state index in [1.807, 2.05) is 0 Å². The Morgan fingerprint density at radius 1 is 1.50 bits per heavy atom. The molecule has 0 saturated carbocycles. The number of hydrogen-bond acceptors (Lipinski definition) is 3. The van der Waals surface area contributed by atoms with Gasteiger partial charge in [-0.25, -0.2) is 8.42 Å². The lowest BCUT2D eigenvalue weighted by molar-refractivity contribution is -0.146. The van der Waals surface area contributed by atoms with Crippen molar-refractivity contribution in [2.24, 2.45) is 5.41 Å². The van der Waals surface area contributed by atoms with Crippen LogP contribution in [0.15, 0.2) is 27.6 Å². The second-order valence-electron chi connectivity index (χ2n) is 5.01. The Morgan fingerprint density at radius 2 is 2.15 bits per heavy atom. The fourth-order valence-electron chi connectivity index (χ4n) is 2.16. The van der Waals surface area contributed by atoms with Crippen molar-refractivity contribution in [2.75, 3.05) is 13.1 Å². The minimum Gasteiger partial charge on any atom is -0.481 e. The van der Waals surface area contributed by atoms with Gasteiger partial charge in [0.2, 0.25) is 10.0 Å². The van der Waals surface area contributed by atoms with Gasteiger partial charge in [-0.1, -0.05) is 17.7 Å². The smallest absolute Gasteiger partial charge is 0.310 e. The summed E-state index contributed by atoms with van der Waals surface area (Å²) in [7, 11) is -3.81. The Balaban J connectivity index is 2.41. The lowest BCUT2D eigenvalue weighted by atomic mass is 9.90. The highest BCUT2D eigenvalue weighted by molar-refractivity contribution is 9.10. The summed E-state index contributed by atoms with van der Waals surface area (Å²) >= 11 is 9.15. The topological polar surface area (TPSA) is 74.7 Å². The van der Waals surface area contributed by atoms with E-state index >= 15 is 0 Å². The Morgan fingerprint density at radius 3 is 2.65 bits per heavy atom. The molecule has 110 valence electrons. The SMILES string of the molecule is CC1(C(=O)O)CCN(S(=O)(=O)c2c(Cl)cccc2Br)C1. The minimum atomic E-state index is -3.81. The third kappa shape index (κ3) is 2.59. The van der Waals surface area contributed by atoms with Gasteiger partial charge in [0.05, 0.1) is 10.4 Å². The summed E-state index contributed by atoms with van der Waals surface area (Å²) in [5, 5.41) is 9.29. The molecule has 0 amide bonds. The monoisotopic (exact) mass is 381 g/mol. The van der Waals surface area contributed by atoms with Gasteiger partial charge in [0.15, 0.2) is 0 Å². The van der Waals surface area contributed by atoms with E-state index in [9.17, 15) is 18.3 Å². The van der Waals surface area contributed by atoms with Gasteiger partial charge in [0.1, 0.15) is 4.90 Å². The van der Waals surface area contributed by atoms with Gasteiger partial charge in [0.25, 0.3) is 0 Å². The van der Waals surface area contributed by atoms with Crippen LogP contribution in [0.2, 0.25) is 5.02 Å². The zero-order valence-corrected chi connectivity index (χ0v) is 13.8. The molecule has 0 aromatic heterocycles. The van der Waals surface area contributed by atoms with Crippen molar-refractivity contribution < 1.29 is 18.3 Å². The molecule has 1 fully saturated rings. The summed E-state index contributed by atoms with van der Waals surface area (Å²) in [4.78, 5) is 11.2. The Hall–Kier alpha value is -0.630. The van der Waals surface area contributed by atoms with Crippen molar-refractivity contribution in [3.05, 3.63) is 27.7 Å². The summed E-state index contributed by atoms with van der Waals surface area (Å²) in [5.74, 6) is -0.992. The average Bonchev–Trinajstić information content (AvgIpc) is 2.73. The van der Waals surface area contributed by atoms with Gasteiger partial charge in [-0.15, -0.1) is 0 Å². The fraction of sp³-hybridized carbons (Fsp3) is 0.417. The van der Waals surface area contributed by atoms with E-state index < -0.39 is 21.4 Å². The largest absolute Gasteiger partial charge is 0.481 e. The first-order valence-electron chi connectivity index (χ1n) is 5.86. The first-order valence-corrected chi connectivity index (χ1v) is 8.47. The van der Waals surface area contributed by atoms with Gasteiger partial charge in [-0.05, 0) is 41.4 Å². The highest BCUT2D eigenvalue weighted by Crippen LogP contribution is 2.37. The zero-order valence-electron chi connectivity index (χ0n) is 10.6. The van der Waals surface area contributed by atoms with Gasteiger partial charge in [-0.3, -0.25) is 4.79 Å². The molecule has 1 aromatic carbocycles. The van der Waals surface area contributed by atoms with Crippen LogP contribution in [0.4, 0.5) is 0 Å².